The lowest BCUT2D eigenvalue weighted by atomic mass is 10.1. The van der Waals surface area contributed by atoms with Crippen molar-refractivity contribution in [3.05, 3.63) is 30.3 Å². The van der Waals surface area contributed by atoms with Gasteiger partial charge < -0.3 is 10.4 Å². The van der Waals surface area contributed by atoms with E-state index in [-0.39, 0.29) is 12.5 Å². The molecular weight excluding hydrogens is 256 g/mol. The summed E-state index contributed by atoms with van der Waals surface area (Å²) in [5, 5.41) is 11.8. The van der Waals surface area contributed by atoms with E-state index in [0.29, 0.717) is 12.6 Å². The Morgan fingerprint density at radius 2 is 2.00 bits per heavy atom. The summed E-state index contributed by atoms with van der Waals surface area (Å²) in [6, 6.07) is 9.64. The summed E-state index contributed by atoms with van der Waals surface area (Å²) >= 11 is 0. The molecule has 0 spiro atoms. The summed E-state index contributed by atoms with van der Waals surface area (Å²) in [7, 11) is 0. The van der Waals surface area contributed by atoms with Crippen LogP contribution in [0, 0.1) is 5.92 Å². The molecule has 20 heavy (non-hydrogen) atoms. The minimum absolute atomic E-state index is 0.0966. The number of carbonyl (C=O) groups excluding carboxylic acids is 1. The van der Waals surface area contributed by atoms with E-state index in [0.717, 1.165) is 18.5 Å². The Balaban J connectivity index is 1.88. The third kappa shape index (κ3) is 4.35. The Hall–Kier alpha value is -1.88. The van der Waals surface area contributed by atoms with Gasteiger partial charge in [0.05, 0.1) is 12.5 Å². The highest BCUT2D eigenvalue weighted by molar-refractivity contribution is 5.92. The Bertz CT molecular complexity index is 471. The first-order valence-corrected chi connectivity index (χ1v) is 6.88. The molecule has 5 heteroatoms. The van der Waals surface area contributed by atoms with Crippen LogP contribution in [0.15, 0.2) is 30.3 Å². The lowest BCUT2D eigenvalue weighted by molar-refractivity contribution is -0.142. The zero-order valence-corrected chi connectivity index (χ0v) is 11.6. The lowest BCUT2D eigenvalue weighted by Gasteiger charge is -2.23. The minimum atomic E-state index is -0.820. The van der Waals surface area contributed by atoms with Gasteiger partial charge in [0, 0.05) is 18.3 Å². The molecule has 1 unspecified atom stereocenters. The third-order valence-corrected chi connectivity index (χ3v) is 3.40. The molecule has 2 rings (SSSR count). The highest BCUT2D eigenvalue weighted by atomic mass is 16.4. The fourth-order valence-electron chi connectivity index (χ4n) is 2.12. The van der Waals surface area contributed by atoms with Gasteiger partial charge in [-0.1, -0.05) is 25.1 Å². The molecule has 0 aromatic heterocycles. The van der Waals surface area contributed by atoms with Crippen molar-refractivity contribution in [2.24, 2.45) is 5.92 Å². The number of carboxylic acid groups (broad SMARTS) is 1. The molecule has 2 N–H and O–H groups in total. The van der Waals surface area contributed by atoms with Crippen LogP contribution in [-0.4, -0.2) is 41.0 Å². The number of hydrogen-bond acceptors (Lipinski definition) is 3. The topological polar surface area (TPSA) is 69.6 Å². The molecule has 0 saturated heterocycles. The monoisotopic (exact) mass is 276 g/mol. The number of carbonyl (C=O) groups is 2. The fourth-order valence-corrected chi connectivity index (χ4v) is 2.12. The highest BCUT2D eigenvalue weighted by Gasteiger charge is 2.32. The second-order valence-electron chi connectivity index (χ2n) is 5.31. The van der Waals surface area contributed by atoms with E-state index >= 15 is 0 Å². The van der Waals surface area contributed by atoms with Crippen molar-refractivity contribution in [1.82, 2.24) is 4.90 Å². The second-order valence-corrected chi connectivity index (χ2v) is 5.31. The van der Waals surface area contributed by atoms with Gasteiger partial charge in [0.15, 0.2) is 0 Å². The van der Waals surface area contributed by atoms with Crippen molar-refractivity contribution < 1.29 is 14.7 Å². The maximum absolute atomic E-state index is 12.0. The first-order chi connectivity index (χ1) is 9.56. The summed E-state index contributed by atoms with van der Waals surface area (Å²) in [6.07, 6.45) is 2.09. The van der Waals surface area contributed by atoms with E-state index in [1.807, 2.05) is 35.2 Å². The van der Waals surface area contributed by atoms with Crippen molar-refractivity contribution >= 4 is 17.6 Å². The van der Waals surface area contributed by atoms with E-state index in [1.54, 1.807) is 6.92 Å². The van der Waals surface area contributed by atoms with Crippen LogP contribution in [0.2, 0.25) is 0 Å². The standard InChI is InChI=1S/C15H20N2O3/c1-11(15(19)20)9-17(13-7-8-13)10-14(18)16-12-5-3-2-4-6-12/h2-6,11,13H,7-10H2,1H3,(H,16,18)(H,19,20). The number of carboxylic acids is 1. The number of para-hydroxylation sites is 1. The molecule has 1 amide bonds. The lowest BCUT2D eigenvalue weighted by Crippen LogP contribution is -2.39. The average Bonchev–Trinajstić information content (AvgIpc) is 3.23. The summed E-state index contributed by atoms with van der Waals surface area (Å²) in [5.74, 6) is -1.38. The van der Waals surface area contributed by atoms with E-state index in [2.05, 4.69) is 5.32 Å². The van der Waals surface area contributed by atoms with Gasteiger partial charge in [-0.25, -0.2) is 0 Å². The van der Waals surface area contributed by atoms with Gasteiger partial charge in [0.25, 0.3) is 0 Å². The van der Waals surface area contributed by atoms with Crippen molar-refractivity contribution in [2.75, 3.05) is 18.4 Å². The predicted octanol–water partition coefficient (Wildman–Crippen LogP) is 1.81. The number of benzene rings is 1. The SMILES string of the molecule is CC(CN(CC(=O)Nc1ccccc1)C1CC1)C(=O)O. The number of anilines is 1. The molecule has 1 aromatic carbocycles. The molecule has 1 saturated carbocycles. The Morgan fingerprint density at radius 3 is 2.55 bits per heavy atom. The van der Waals surface area contributed by atoms with E-state index in [9.17, 15) is 9.59 Å². The summed E-state index contributed by atoms with van der Waals surface area (Å²) in [5.41, 5.74) is 0.763. The molecular formula is C15H20N2O3. The van der Waals surface area contributed by atoms with Crippen LogP contribution in [-0.2, 0) is 9.59 Å². The molecule has 0 radical (unpaired) electrons. The molecule has 1 aliphatic rings. The van der Waals surface area contributed by atoms with Gasteiger partial charge in [-0.2, -0.15) is 0 Å². The normalized spacial score (nSPS) is 15.9. The molecule has 1 fully saturated rings. The molecule has 5 nitrogen and oxygen atoms in total. The Morgan fingerprint density at radius 1 is 1.35 bits per heavy atom. The zero-order valence-electron chi connectivity index (χ0n) is 11.6. The minimum Gasteiger partial charge on any atom is -0.481 e. The summed E-state index contributed by atoms with van der Waals surface area (Å²) < 4.78 is 0. The van der Waals surface area contributed by atoms with Crippen LogP contribution < -0.4 is 5.32 Å². The number of nitrogens with zero attached hydrogens (tertiary/aromatic N) is 1. The van der Waals surface area contributed by atoms with Crippen molar-refractivity contribution in [1.29, 1.82) is 0 Å². The van der Waals surface area contributed by atoms with Crippen LogP contribution in [0.4, 0.5) is 5.69 Å². The number of rotatable bonds is 7. The zero-order chi connectivity index (χ0) is 14.5. The van der Waals surface area contributed by atoms with Gasteiger partial charge >= 0.3 is 5.97 Å². The van der Waals surface area contributed by atoms with Crippen molar-refractivity contribution in [2.45, 2.75) is 25.8 Å². The van der Waals surface area contributed by atoms with Gasteiger partial charge in [0.1, 0.15) is 0 Å². The fraction of sp³-hybridized carbons (Fsp3) is 0.467. The quantitative estimate of drug-likeness (QED) is 0.797. The summed E-state index contributed by atoms with van der Waals surface area (Å²) in [4.78, 5) is 24.9. The van der Waals surface area contributed by atoms with Crippen LogP contribution in [0.3, 0.4) is 0 Å². The number of nitrogens with one attached hydrogen (secondary N) is 1. The third-order valence-electron chi connectivity index (χ3n) is 3.40. The maximum atomic E-state index is 12.0. The number of hydrogen-bond donors (Lipinski definition) is 2. The first kappa shape index (κ1) is 14.5. The van der Waals surface area contributed by atoms with Crippen molar-refractivity contribution in [3.63, 3.8) is 0 Å². The predicted molar refractivity (Wildman–Crippen MR) is 76.5 cm³/mol. The first-order valence-electron chi connectivity index (χ1n) is 6.88. The van der Waals surface area contributed by atoms with E-state index in [4.69, 9.17) is 5.11 Å². The molecule has 0 heterocycles. The summed E-state index contributed by atoms with van der Waals surface area (Å²) in [6.45, 7) is 2.34. The van der Waals surface area contributed by atoms with Gasteiger partial charge in [-0.15, -0.1) is 0 Å². The van der Waals surface area contributed by atoms with Gasteiger partial charge in [0.2, 0.25) is 5.91 Å². The van der Waals surface area contributed by atoms with E-state index in [1.165, 1.54) is 0 Å². The smallest absolute Gasteiger partial charge is 0.307 e. The van der Waals surface area contributed by atoms with Crippen LogP contribution in [0.25, 0.3) is 0 Å². The number of aliphatic carboxylic acids is 1. The Labute approximate surface area is 118 Å². The van der Waals surface area contributed by atoms with Crippen LogP contribution in [0.5, 0.6) is 0 Å². The largest absolute Gasteiger partial charge is 0.481 e. The molecule has 0 bridgehead atoms. The van der Waals surface area contributed by atoms with Crippen molar-refractivity contribution in [3.8, 4) is 0 Å². The molecule has 0 aliphatic heterocycles. The molecule has 1 atom stereocenters. The molecule has 1 aliphatic carbocycles. The van der Waals surface area contributed by atoms with Gasteiger partial charge in [-0.3, -0.25) is 14.5 Å². The second kappa shape index (κ2) is 6.52. The van der Waals surface area contributed by atoms with Crippen LogP contribution >= 0.6 is 0 Å². The molecule has 1 aromatic rings. The average molecular weight is 276 g/mol. The van der Waals surface area contributed by atoms with Gasteiger partial charge in [-0.05, 0) is 25.0 Å². The maximum Gasteiger partial charge on any atom is 0.307 e. The Kier molecular flexibility index (Phi) is 4.74. The molecule has 108 valence electrons. The van der Waals surface area contributed by atoms with E-state index < -0.39 is 11.9 Å². The number of amides is 1. The van der Waals surface area contributed by atoms with Crippen LogP contribution in [0.1, 0.15) is 19.8 Å². The highest BCUT2D eigenvalue weighted by Crippen LogP contribution is 2.27.